The fourth-order valence-electron chi connectivity index (χ4n) is 3.06. The van der Waals surface area contributed by atoms with Crippen molar-refractivity contribution in [3.8, 4) is 0 Å². The van der Waals surface area contributed by atoms with Crippen LogP contribution in [-0.4, -0.2) is 17.2 Å². The minimum absolute atomic E-state index is 0. The average molecular weight is 490 g/mol. The number of rotatable bonds is 2. The topological polar surface area (TPSA) is 32.3 Å². The van der Waals surface area contributed by atoms with E-state index in [4.69, 9.17) is 4.12 Å². The van der Waals surface area contributed by atoms with Gasteiger partial charge in [0.15, 0.2) is 0 Å². The van der Waals surface area contributed by atoms with Crippen molar-refractivity contribution in [3.63, 3.8) is 0 Å². The fourth-order valence-corrected chi connectivity index (χ4v) is 14.0. The first-order valence-electron chi connectivity index (χ1n) is 7.80. The van der Waals surface area contributed by atoms with Crippen LogP contribution in [0.4, 0.5) is 4.11 Å². The van der Waals surface area contributed by atoms with Gasteiger partial charge in [-0.05, 0) is 10.1 Å². The van der Waals surface area contributed by atoms with E-state index in [1.54, 1.807) is 0 Å². The molecule has 9 heteroatoms. The van der Waals surface area contributed by atoms with Gasteiger partial charge in [-0.25, -0.2) is 0 Å². The number of halogens is 4. The summed E-state index contributed by atoms with van der Waals surface area (Å²) in [5, 5.41) is -2.40. The van der Waals surface area contributed by atoms with Gasteiger partial charge < -0.3 is 46.1 Å². The molecular formula is C16H36Cl3FO2Si2Ti. The maximum atomic E-state index is 16.1. The first-order valence-corrected chi connectivity index (χ1v) is 11.4. The van der Waals surface area contributed by atoms with Crippen LogP contribution in [0.3, 0.4) is 0 Å². The minimum Gasteiger partial charge on any atom is -1.00 e. The molecule has 0 aromatic heterocycles. The maximum Gasteiger partial charge on any atom is 4.00 e. The van der Waals surface area contributed by atoms with Crippen LogP contribution in [0, 0.1) is 0 Å². The van der Waals surface area contributed by atoms with E-state index in [-0.39, 0.29) is 58.9 Å². The monoisotopic (exact) mass is 488 g/mol. The summed E-state index contributed by atoms with van der Waals surface area (Å²) in [7, 11) is -7.33. The fraction of sp³-hybridized carbons (Fsp3) is 1.00. The van der Waals surface area contributed by atoms with Crippen molar-refractivity contribution in [2.75, 3.05) is 0 Å². The van der Waals surface area contributed by atoms with Crippen LogP contribution >= 0.6 is 0 Å². The maximum absolute atomic E-state index is 16.1. The van der Waals surface area contributed by atoms with Gasteiger partial charge in [-0.1, -0.05) is 83.1 Å². The van der Waals surface area contributed by atoms with Gasteiger partial charge >= 0.3 is 30.4 Å². The van der Waals surface area contributed by atoms with Gasteiger partial charge in [0.05, 0.1) is 8.56 Å². The molecule has 0 radical (unpaired) electrons. The largest absolute Gasteiger partial charge is 4.00 e. The van der Waals surface area contributed by atoms with Gasteiger partial charge in [-0.3, -0.25) is 4.11 Å². The number of hydrogen-bond donors (Lipinski definition) is 0. The third-order valence-electron chi connectivity index (χ3n) is 4.19. The van der Waals surface area contributed by atoms with Crippen LogP contribution in [0.2, 0.25) is 20.2 Å². The van der Waals surface area contributed by atoms with Gasteiger partial charge in [0, 0.05) is 10.1 Å². The van der Waals surface area contributed by atoms with Crippen molar-refractivity contribution >= 4 is 17.2 Å². The molecule has 0 aliphatic rings. The predicted molar refractivity (Wildman–Crippen MR) is 92.6 cm³/mol. The second-order valence-electron chi connectivity index (χ2n) is 10.3. The zero-order chi connectivity index (χ0) is 17.7. The van der Waals surface area contributed by atoms with E-state index in [0.717, 1.165) is 0 Å². The van der Waals surface area contributed by atoms with Crippen LogP contribution in [-0.2, 0) is 25.8 Å². The summed E-state index contributed by atoms with van der Waals surface area (Å²) in [4.78, 5) is 13.8. The molecule has 0 aromatic carbocycles. The molecule has 25 heavy (non-hydrogen) atoms. The van der Waals surface area contributed by atoms with Crippen molar-refractivity contribution in [3.05, 3.63) is 0 Å². The molecule has 0 rings (SSSR count). The van der Waals surface area contributed by atoms with Gasteiger partial charge in [0.25, 0.3) is 0 Å². The van der Waals surface area contributed by atoms with E-state index in [2.05, 4.69) is 0 Å². The average Bonchev–Trinajstić information content (AvgIpc) is 2.09. The number of hydrogen-bond acceptors (Lipinski definition) is 2. The molecule has 0 saturated heterocycles. The van der Waals surface area contributed by atoms with Crippen molar-refractivity contribution in [2.24, 2.45) is 0 Å². The summed E-state index contributed by atoms with van der Waals surface area (Å²) >= 11 is 0. The molecule has 0 fully saturated rings. The Kier molecular flexibility index (Phi) is 15.9. The Balaban J connectivity index is -0.000000333. The zero-order valence-electron chi connectivity index (χ0n) is 17.8. The van der Waals surface area contributed by atoms with Gasteiger partial charge in [-0.15, -0.1) is 0 Å². The molecular weight excluding hydrogens is 454 g/mol. The van der Waals surface area contributed by atoms with Crippen molar-refractivity contribution in [2.45, 2.75) is 103 Å². The molecule has 0 heterocycles. The Hall–Kier alpha value is 1.87. The van der Waals surface area contributed by atoms with Gasteiger partial charge in [0.2, 0.25) is 0 Å². The molecule has 0 aromatic rings. The second kappa shape index (κ2) is 10.6. The summed E-state index contributed by atoms with van der Waals surface area (Å²) in [5.74, 6) is 0. The smallest absolute Gasteiger partial charge is 1.00 e. The molecule has 2 nitrogen and oxygen atoms in total. The quantitative estimate of drug-likeness (QED) is 0.297. The molecule has 0 saturated carbocycles. The Morgan fingerprint density at radius 1 is 0.600 bits per heavy atom. The van der Waals surface area contributed by atoms with Crippen LogP contribution in [0.25, 0.3) is 0 Å². The van der Waals surface area contributed by atoms with E-state index >= 15 is 4.11 Å². The summed E-state index contributed by atoms with van der Waals surface area (Å²) in [6.07, 6.45) is 0. The zero-order valence-corrected chi connectivity index (χ0v) is 23.7. The third kappa shape index (κ3) is 7.66. The van der Waals surface area contributed by atoms with Crippen LogP contribution in [0.15, 0.2) is 0 Å². The summed E-state index contributed by atoms with van der Waals surface area (Å²) < 4.78 is 22.3. The van der Waals surface area contributed by atoms with Crippen LogP contribution in [0.1, 0.15) is 83.1 Å². The summed E-state index contributed by atoms with van der Waals surface area (Å²) in [6.45, 7) is 22.6. The van der Waals surface area contributed by atoms with Gasteiger partial charge in [0.1, 0.15) is 0 Å². The Morgan fingerprint density at radius 2 is 0.800 bits per heavy atom. The Labute approximate surface area is 191 Å². The van der Waals surface area contributed by atoms with E-state index in [1.165, 1.54) is 0 Å². The van der Waals surface area contributed by atoms with Gasteiger partial charge in [-0.2, -0.15) is 0 Å². The van der Waals surface area contributed by atoms with E-state index < -0.39 is 37.4 Å². The molecule has 0 bridgehead atoms. The molecule has 0 unspecified atom stereocenters. The molecule has 0 atom stereocenters. The summed E-state index contributed by atoms with van der Waals surface area (Å²) in [5.41, 5.74) is 0. The van der Waals surface area contributed by atoms with Crippen molar-refractivity contribution in [1.82, 2.24) is 0 Å². The van der Waals surface area contributed by atoms with E-state index in [1.807, 2.05) is 83.1 Å². The SMILES string of the molecule is CC(C)(C)[Si]([O-])(O[Si](F)(C(C)(C)C)C(C)(C)C)C(C)(C)C.[Cl-].[Cl-].[Cl-].[Ti+4]. The van der Waals surface area contributed by atoms with Crippen molar-refractivity contribution < 1.29 is 72.0 Å². The van der Waals surface area contributed by atoms with Crippen molar-refractivity contribution in [1.29, 1.82) is 0 Å². The minimum atomic E-state index is -3.76. The molecule has 0 amide bonds. The standard InChI is InChI=1S/C16H36FO2Si2.3ClH.Ti/c1-13(2,3)20(17,14(4,5)6)19-21(18,15(7,8)9)16(10,11)12;;;;/h1-12H3;3*1H;/q-1;;;;+4/p-3. The van der Waals surface area contributed by atoms with Crippen LogP contribution < -0.4 is 42.0 Å². The van der Waals surface area contributed by atoms with E-state index in [0.29, 0.717) is 0 Å². The van der Waals surface area contributed by atoms with E-state index in [9.17, 15) is 4.80 Å². The predicted octanol–water partition coefficient (Wildman–Crippen LogP) is -3.57. The normalized spacial score (nSPS) is 13.7. The summed E-state index contributed by atoms with van der Waals surface area (Å²) in [6, 6.07) is 0. The molecule has 0 aliphatic heterocycles. The first-order chi connectivity index (χ1) is 8.71. The molecule has 152 valence electrons. The second-order valence-corrected chi connectivity index (χ2v) is 19.6. The Morgan fingerprint density at radius 3 is 0.920 bits per heavy atom. The molecule has 0 N–H and O–H groups in total. The molecule has 0 spiro atoms. The first kappa shape index (κ1) is 37.6. The molecule has 0 aliphatic carbocycles. The third-order valence-corrected chi connectivity index (χ3v) is 14.3. The Bertz CT molecular complexity index is 323. The van der Waals surface area contributed by atoms with Crippen LogP contribution in [0.5, 0.6) is 0 Å².